The van der Waals surface area contributed by atoms with Crippen molar-refractivity contribution in [2.45, 2.75) is 38.1 Å². The third-order valence-electron chi connectivity index (χ3n) is 6.99. The van der Waals surface area contributed by atoms with Gasteiger partial charge in [-0.3, -0.25) is 10.2 Å². The van der Waals surface area contributed by atoms with Crippen molar-refractivity contribution in [3.63, 3.8) is 0 Å². The molecule has 1 atom stereocenters. The summed E-state index contributed by atoms with van der Waals surface area (Å²) in [6.07, 6.45) is 7.47. The first-order valence-corrected chi connectivity index (χ1v) is 12.0. The molecule has 1 amide bonds. The van der Waals surface area contributed by atoms with Crippen LogP contribution in [-0.4, -0.2) is 39.1 Å². The molecule has 2 aromatic rings. The summed E-state index contributed by atoms with van der Waals surface area (Å²) in [5, 5.41) is 1.93. The fourth-order valence-corrected chi connectivity index (χ4v) is 4.91. The Labute approximate surface area is 197 Å². The molecule has 0 unspecified atom stereocenters. The molecular formula is C28H34N4O. The first-order valence-electron chi connectivity index (χ1n) is 12.0. The third kappa shape index (κ3) is 4.24. The highest BCUT2D eigenvalue weighted by Crippen LogP contribution is 2.46. The van der Waals surface area contributed by atoms with E-state index in [0.29, 0.717) is 0 Å². The molecule has 33 heavy (non-hydrogen) atoms. The quantitative estimate of drug-likeness (QED) is 0.696. The maximum Gasteiger partial charge on any atom is 0.244 e. The number of rotatable bonds is 5. The summed E-state index contributed by atoms with van der Waals surface area (Å²) in [5.74, 6) is 0.411. The Morgan fingerprint density at radius 2 is 1.52 bits per heavy atom. The van der Waals surface area contributed by atoms with E-state index < -0.39 is 0 Å². The van der Waals surface area contributed by atoms with Crippen molar-refractivity contribution in [1.82, 2.24) is 10.4 Å². The molecule has 5 heteroatoms. The average Bonchev–Trinajstić information content (AvgIpc) is 3.59. The van der Waals surface area contributed by atoms with E-state index in [1.807, 2.05) is 5.01 Å². The van der Waals surface area contributed by atoms with Gasteiger partial charge >= 0.3 is 0 Å². The molecule has 1 fully saturated rings. The van der Waals surface area contributed by atoms with Gasteiger partial charge in [-0.15, -0.1) is 0 Å². The number of allylic oxidation sites excluding steroid dienone is 1. The van der Waals surface area contributed by atoms with Gasteiger partial charge in [0.25, 0.3) is 0 Å². The summed E-state index contributed by atoms with van der Waals surface area (Å²) in [7, 11) is 8.23. The lowest BCUT2D eigenvalue weighted by molar-refractivity contribution is -0.136. The van der Waals surface area contributed by atoms with Gasteiger partial charge in [0, 0.05) is 45.5 Å². The smallest absolute Gasteiger partial charge is 0.244 e. The number of benzene rings is 2. The van der Waals surface area contributed by atoms with Gasteiger partial charge in [-0.05, 0) is 84.7 Å². The van der Waals surface area contributed by atoms with Gasteiger partial charge in [-0.1, -0.05) is 24.3 Å². The number of hydrazine groups is 1. The van der Waals surface area contributed by atoms with Crippen LogP contribution in [-0.2, 0) is 4.79 Å². The van der Waals surface area contributed by atoms with Crippen molar-refractivity contribution in [2.75, 3.05) is 38.0 Å². The van der Waals surface area contributed by atoms with Crippen molar-refractivity contribution in [2.24, 2.45) is 5.92 Å². The van der Waals surface area contributed by atoms with E-state index in [-0.39, 0.29) is 17.9 Å². The number of carbonyl (C=O) groups excluding carboxylic acids is 1. The normalized spacial score (nSPS) is 21.2. The summed E-state index contributed by atoms with van der Waals surface area (Å²) in [6, 6.07) is 17.3. The van der Waals surface area contributed by atoms with E-state index >= 15 is 0 Å². The van der Waals surface area contributed by atoms with Gasteiger partial charge < -0.3 is 9.80 Å². The lowest BCUT2D eigenvalue weighted by Crippen LogP contribution is -2.41. The Morgan fingerprint density at radius 3 is 2.09 bits per heavy atom. The molecule has 5 nitrogen and oxygen atoms in total. The van der Waals surface area contributed by atoms with Crippen LogP contribution < -0.4 is 15.2 Å². The van der Waals surface area contributed by atoms with E-state index in [2.05, 4.69) is 98.0 Å². The van der Waals surface area contributed by atoms with Crippen LogP contribution in [0, 0.1) is 5.92 Å². The molecule has 5 rings (SSSR count). The summed E-state index contributed by atoms with van der Waals surface area (Å²) in [5.41, 5.74) is 12.1. The zero-order chi connectivity index (χ0) is 23.1. The molecule has 0 bridgehead atoms. The van der Waals surface area contributed by atoms with Crippen LogP contribution >= 0.6 is 0 Å². The fraction of sp³-hybridized carbons (Fsp3) is 0.393. The molecule has 0 aromatic heterocycles. The average molecular weight is 443 g/mol. The fourth-order valence-electron chi connectivity index (χ4n) is 4.91. The van der Waals surface area contributed by atoms with E-state index in [4.69, 9.17) is 0 Å². The van der Waals surface area contributed by atoms with E-state index in [1.165, 1.54) is 33.6 Å². The van der Waals surface area contributed by atoms with E-state index in [0.717, 1.165) is 37.8 Å². The highest BCUT2D eigenvalue weighted by Gasteiger charge is 2.43. The van der Waals surface area contributed by atoms with Crippen molar-refractivity contribution < 1.29 is 4.79 Å². The largest absolute Gasteiger partial charge is 0.378 e. The highest BCUT2D eigenvalue weighted by molar-refractivity contribution is 5.83. The van der Waals surface area contributed by atoms with Crippen LogP contribution in [0.3, 0.4) is 0 Å². The topological polar surface area (TPSA) is 38.8 Å². The molecule has 2 aromatic carbocycles. The molecule has 1 saturated carbocycles. The highest BCUT2D eigenvalue weighted by atomic mass is 16.2. The van der Waals surface area contributed by atoms with E-state index in [1.54, 1.807) is 0 Å². The van der Waals surface area contributed by atoms with Crippen LogP contribution in [0.1, 0.15) is 49.3 Å². The number of nitrogens with zero attached hydrogens (tertiary/aromatic N) is 3. The molecule has 3 aliphatic rings. The molecule has 172 valence electrons. The number of nitrogens with one attached hydrogen (secondary N) is 1. The summed E-state index contributed by atoms with van der Waals surface area (Å²) in [6.45, 7) is 0. The maximum atomic E-state index is 13.3. The molecule has 2 aliphatic carbocycles. The standard InChI is InChI=1S/C28H34N4O/c1-30(2)23-14-8-19(9-15-23)18-22-6-5-7-25-26(22)29-32(28(33)21-10-11-21)27(25)20-12-16-24(17-13-20)31(3)4/h8-9,12-18,21,27,29H,5-7,10-11H2,1-4H3/b22-18+/t27-/m0/s1. The molecule has 1 heterocycles. The number of carbonyl (C=O) groups is 1. The zero-order valence-corrected chi connectivity index (χ0v) is 20.1. The Morgan fingerprint density at radius 1 is 0.909 bits per heavy atom. The molecule has 1 N–H and O–H groups in total. The van der Waals surface area contributed by atoms with Crippen LogP contribution in [0.4, 0.5) is 11.4 Å². The molecule has 0 saturated heterocycles. The Balaban J connectivity index is 1.51. The zero-order valence-electron chi connectivity index (χ0n) is 20.1. The van der Waals surface area contributed by atoms with Gasteiger partial charge in [0.2, 0.25) is 5.91 Å². The first kappa shape index (κ1) is 21.6. The van der Waals surface area contributed by atoms with Crippen LogP contribution in [0.5, 0.6) is 0 Å². The van der Waals surface area contributed by atoms with Gasteiger partial charge in [0.05, 0.1) is 5.70 Å². The Kier molecular flexibility index (Phi) is 5.65. The lowest BCUT2D eigenvalue weighted by atomic mass is 9.85. The molecule has 0 radical (unpaired) electrons. The van der Waals surface area contributed by atoms with Gasteiger partial charge in [-0.2, -0.15) is 0 Å². The molecular weight excluding hydrogens is 408 g/mol. The van der Waals surface area contributed by atoms with Crippen LogP contribution in [0.2, 0.25) is 0 Å². The van der Waals surface area contributed by atoms with Gasteiger partial charge in [-0.25, -0.2) is 5.01 Å². The summed E-state index contributed by atoms with van der Waals surface area (Å²) >= 11 is 0. The summed E-state index contributed by atoms with van der Waals surface area (Å²) in [4.78, 5) is 17.5. The number of amides is 1. The predicted octanol–water partition coefficient (Wildman–Crippen LogP) is 5.14. The first-order chi connectivity index (χ1) is 15.9. The second kappa shape index (κ2) is 8.62. The SMILES string of the molecule is CN(C)c1ccc(/C=C2\CCCC3=C2NN(C(=O)C2CC2)[C@H]3c2ccc(N(C)C)cc2)cc1. The Bertz CT molecular complexity index is 1090. The predicted molar refractivity (Wildman–Crippen MR) is 136 cm³/mol. The van der Waals surface area contributed by atoms with Crippen molar-refractivity contribution in [1.29, 1.82) is 0 Å². The van der Waals surface area contributed by atoms with Crippen molar-refractivity contribution >= 4 is 23.4 Å². The van der Waals surface area contributed by atoms with Crippen LogP contribution in [0.15, 0.2) is 65.4 Å². The molecule has 1 aliphatic heterocycles. The second-order valence-electron chi connectivity index (χ2n) is 9.89. The van der Waals surface area contributed by atoms with Gasteiger partial charge in [0.1, 0.15) is 6.04 Å². The minimum Gasteiger partial charge on any atom is -0.378 e. The molecule has 0 spiro atoms. The van der Waals surface area contributed by atoms with E-state index in [9.17, 15) is 4.79 Å². The lowest BCUT2D eigenvalue weighted by Gasteiger charge is -2.27. The monoisotopic (exact) mass is 442 g/mol. The maximum absolute atomic E-state index is 13.3. The second-order valence-corrected chi connectivity index (χ2v) is 9.89. The number of hydrogen-bond donors (Lipinski definition) is 1. The summed E-state index contributed by atoms with van der Waals surface area (Å²) < 4.78 is 0. The van der Waals surface area contributed by atoms with Crippen molar-refractivity contribution in [3.05, 3.63) is 76.5 Å². The number of hydrogen-bond acceptors (Lipinski definition) is 4. The third-order valence-corrected chi connectivity index (χ3v) is 6.99. The van der Waals surface area contributed by atoms with Crippen LogP contribution in [0.25, 0.3) is 6.08 Å². The minimum absolute atomic E-state index is 0.0240. The minimum atomic E-state index is -0.0240. The van der Waals surface area contributed by atoms with Gasteiger partial charge in [0.15, 0.2) is 0 Å². The number of anilines is 2. The van der Waals surface area contributed by atoms with Crippen molar-refractivity contribution in [3.8, 4) is 0 Å². The Hall–Kier alpha value is -3.21.